The van der Waals surface area contributed by atoms with Gasteiger partial charge in [-0.2, -0.15) is 0 Å². The molecule has 20 aromatic rings. The third-order valence-electron chi connectivity index (χ3n) is 23.6. The van der Waals surface area contributed by atoms with E-state index < -0.39 is 16.1 Å². The van der Waals surface area contributed by atoms with Gasteiger partial charge in [-0.15, -0.1) is 11.3 Å². The highest BCUT2D eigenvalue weighted by Crippen LogP contribution is 2.53. The first-order valence-electron chi connectivity index (χ1n) is 38.7. The monoisotopic (exact) mass is 1540 g/mol. The standard InChI is InChI=1S/C54H35NO2SSi.C50H31NOS2Si/c1-2-14-36(15-3-1)37-28-30-38(31-29-37)39-32-34-40(35-33-39)55(42-17-12-22-47-53(42)41-16-4-5-19-44(41)56-47)43-18-13-27-52-54(43)58-48-23-8-11-26-51(48)59(52)49-24-9-6-20-45(49)57-46-21-7-10-25-50(46)59;1-2-14-35-32(13-1)27-28-33-31-34(29-30-36(33)35)51(39-17-11-16-38-37-15-3-6-21-43(37)53-49(38)39)40-18-12-26-48-50(40)54-44-22-7-10-25-47(44)55(48)45-23-8-4-19-41(45)52-42-20-5-9-24-46(42)55/h1-35H;1-31H. The first kappa shape index (κ1) is 66.6. The molecule has 18 aromatic carbocycles. The normalized spacial score (nSPS) is 13.5. The number of hydrogen-bond donors (Lipinski definition) is 0. The summed E-state index contributed by atoms with van der Waals surface area (Å²) in [6, 6.07) is 146. The van der Waals surface area contributed by atoms with Crippen molar-refractivity contribution >= 4 is 190 Å². The largest absolute Gasteiger partial charge is 0.458 e. The lowest BCUT2D eigenvalue weighted by Crippen LogP contribution is -2.77. The molecular weight excluding hydrogens is 1480 g/mol. The van der Waals surface area contributed by atoms with Gasteiger partial charge < -0.3 is 23.7 Å². The molecule has 536 valence electrons. The minimum atomic E-state index is -2.89. The van der Waals surface area contributed by atoms with Gasteiger partial charge in [0.05, 0.1) is 32.8 Å². The Morgan fingerprint density at radius 3 is 1.25 bits per heavy atom. The maximum absolute atomic E-state index is 6.72. The van der Waals surface area contributed by atoms with E-state index in [4.69, 9.17) is 13.9 Å². The van der Waals surface area contributed by atoms with Crippen molar-refractivity contribution in [3.63, 3.8) is 0 Å². The van der Waals surface area contributed by atoms with Crippen molar-refractivity contribution in [3.05, 3.63) is 400 Å². The summed E-state index contributed by atoms with van der Waals surface area (Å²) in [4.78, 5) is 10.2. The topological polar surface area (TPSA) is 38.1 Å². The molecule has 0 saturated heterocycles. The van der Waals surface area contributed by atoms with E-state index in [1.54, 1.807) is 0 Å². The quantitative estimate of drug-likeness (QED) is 0.111. The first-order chi connectivity index (χ1) is 56.5. The van der Waals surface area contributed by atoms with Gasteiger partial charge >= 0.3 is 0 Å². The van der Waals surface area contributed by atoms with Gasteiger partial charge in [-0.05, 0) is 188 Å². The van der Waals surface area contributed by atoms with Crippen LogP contribution in [0.4, 0.5) is 34.1 Å². The van der Waals surface area contributed by atoms with Gasteiger partial charge in [0, 0.05) is 51.8 Å². The Balaban J connectivity index is 0.000000136. The Hall–Kier alpha value is -13.2. The zero-order valence-corrected chi connectivity index (χ0v) is 65.9. The molecule has 114 heavy (non-hydrogen) atoms. The van der Waals surface area contributed by atoms with E-state index >= 15 is 0 Å². The summed E-state index contributed by atoms with van der Waals surface area (Å²) in [6.45, 7) is 0. The molecule has 4 aliphatic heterocycles. The summed E-state index contributed by atoms with van der Waals surface area (Å²) in [6.07, 6.45) is 0. The van der Waals surface area contributed by atoms with Crippen LogP contribution in [0.5, 0.6) is 23.0 Å². The second-order valence-electron chi connectivity index (χ2n) is 29.5. The van der Waals surface area contributed by atoms with Crippen LogP contribution in [-0.4, -0.2) is 16.1 Å². The van der Waals surface area contributed by atoms with E-state index in [-0.39, 0.29) is 0 Å². The van der Waals surface area contributed by atoms with E-state index in [9.17, 15) is 0 Å². The molecular formula is C104H66N2O3S3Si2. The van der Waals surface area contributed by atoms with E-state index in [1.807, 2.05) is 40.9 Å². The van der Waals surface area contributed by atoms with Gasteiger partial charge in [0.1, 0.15) is 34.2 Å². The molecule has 5 nitrogen and oxygen atoms in total. The van der Waals surface area contributed by atoms with Crippen molar-refractivity contribution in [1.82, 2.24) is 0 Å². The number of para-hydroxylation sites is 5. The van der Waals surface area contributed by atoms with Crippen LogP contribution < -0.4 is 60.8 Å². The molecule has 0 unspecified atom stereocenters. The number of furan rings is 1. The van der Waals surface area contributed by atoms with Crippen molar-refractivity contribution in [2.24, 2.45) is 0 Å². The van der Waals surface area contributed by atoms with Crippen LogP contribution in [0.1, 0.15) is 0 Å². The zero-order chi connectivity index (χ0) is 75.0. The molecule has 4 aliphatic rings. The Labute approximate surface area is 673 Å². The van der Waals surface area contributed by atoms with Crippen molar-refractivity contribution in [1.29, 1.82) is 0 Å². The number of fused-ring (bicyclic) bond motifs is 25. The van der Waals surface area contributed by atoms with Crippen LogP contribution in [0.3, 0.4) is 0 Å². The highest BCUT2D eigenvalue weighted by atomic mass is 32.2. The molecule has 10 heteroatoms. The number of ether oxygens (including phenoxy) is 2. The van der Waals surface area contributed by atoms with Crippen molar-refractivity contribution in [2.75, 3.05) is 9.80 Å². The number of rotatable bonds is 8. The molecule has 0 radical (unpaired) electrons. The molecule has 0 aliphatic carbocycles. The number of benzene rings is 18. The minimum absolute atomic E-state index is 0.866. The number of hydrogen-bond acceptors (Lipinski definition) is 8. The maximum atomic E-state index is 6.72. The molecule has 6 heterocycles. The second-order valence-corrected chi connectivity index (χ2v) is 40.0. The molecule has 0 amide bonds. The average molecular weight is 1540 g/mol. The lowest BCUT2D eigenvalue weighted by atomic mass is 10.00. The summed E-state index contributed by atoms with van der Waals surface area (Å²) >= 11 is 5.68. The number of thiophene rings is 1. The smallest absolute Gasteiger partial charge is 0.190 e. The van der Waals surface area contributed by atoms with Crippen molar-refractivity contribution in [3.8, 4) is 45.3 Å². The van der Waals surface area contributed by atoms with E-state index in [0.717, 1.165) is 67.7 Å². The fourth-order valence-electron chi connectivity index (χ4n) is 18.7. The van der Waals surface area contributed by atoms with Crippen LogP contribution >= 0.6 is 34.9 Å². The van der Waals surface area contributed by atoms with Crippen LogP contribution in [0.15, 0.2) is 424 Å². The van der Waals surface area contributed by atoms with Crippen molar-refractivity contribution in [2.45, 2.75) is 19.6 Å². The molecule has 0 saturated carbocycles. The predicted molar refractivity (Wildman–Crippen MR) is 484 cm³/mol. The lowest BCUT2D eigenvalue weighted by Gasteiger charge is -2.44. The first-order valence-corrected chi connectivity index (χ1v) is 45.1. The Kier molecular flexibility index (Phi) is 15.6. The molecule has 24 rings (SSSR count). The maximum Gasteiger partial charge on any atom is 0.190 e. The van der Waals surface area contributed by atoms with Crippen LogP contribution in [0.25, 0.3) is 85.9 Å². The number of nitrogens with zero attached hydrogens (tertiary/aromatic N) is 2. The Bertz CT molecular complexity index is 7180. The number of anilines is 6. The third kappa shape index (κ3) is 10.2. The van der Waals surface area contributed by atoms with E-state index in [0.29, 0.717) is 0 Å². The van der Waals surface area contributed by atoms with Crippen LogP contribution in [0.2, 0.25) is 0 Å². The molecule has 0 atom stereocenters. The minimum Gasteiger partial charge on any atom is -0.458 e. The summed E-state index contributed by atoms with van der Waals surface area (Å²) < 4.78 is 22.5. The lowest BCUT2D eigenvalue weighted by molar-refractivity contribution is 0.487. The fraction of sp³-hybridized carbons (Fsp3) is 0. The van der Waals surface area contributed by atoms with Crippen LogP contribution in [-0.2, 0) is 0 Å². The Morgan fingerprint density at radius 2 is 0.649 bits per heavy atom. The molecule has 0 bridgehead atoms. The zero-order valence-electron chi connectivity index (χ0n) is 61.4. The average Bonchev–Trinajstić information content (AvgIpc) is 0.852. The van der Waals surface area contributed by atoms with E-state index in [2.05, 4.69) is 404 Å². The van der Waals surface area contributed by atoms with Crippen LogP contribution in [0, 0.1) is 0 Å². The summed E-state index contributed by atoms with van der Waals surface area (Å²) in [5.74, 6) is 3.80. The predicted octanol–water partition coefficient (Wildman–Crippen LogP) is 24.1. The molecule has 2 aromatic heterocycles. The fourth-order valence-corrected chi connectivity index (χ4v) is 34.4. The molecule has 2 spiro atoms. The molecule has 0 fully saturated rings. The molecule has 0 N–H and O–H groups in total. The van der Waals surface area contributed by atoms with Gasteiger partial charge in [-0.25, -0.2) is 0 Å². The van der Waals surface area contributed by atoms with Gasteiger partial charge in [0.25, 0.3) is 0 Å². The Morgan fingerprint density at radius 1 is 0.246 bits per heavy atom. The second kappa shape index (κ2) is 26.8. The van der Waals surface area contributed by atoms with E-state index in [1.165, 1.54) is 136 Å². The summed E-state index contributed by atoms with van der Waals surface area (Å²) in [7, 11) is -5.75. The summed E-state index contributed by atoms with van der Waals surface area (Å²) in [5.41, 5.74) is 13.3. The third-order valence-corrected chi connectivity index (χ3v) is 37.7. The van der Waals surface area contributed by atoms with Gasteiger partial charge in [-0.3, -0.25) is 0 Å². The van der Waals surface area contributed by atoms with Gasteiger partial charge in [0.15, 0.2) is 16.1 Å². The highest BCUT2D eigenvalue weighted by molar-refractivity contribution is 8.00. The summed E-state index contributed by atoms with van der Waals surface area (Å²) in [5, 5.41) is 20.6. The van der Waals surface area contributed by atoms with Crippen molar-refractivity contribution < 1.29 is 13.9 Å². The van der Waals surface area contributed by atoms with Gasteiger partial charge in [-0.1, -0.05) is 321 Å². The SMILES string of the molecule is c1ccc(-c2ccc(-c3ccc(N(c4cccc5c4Sc4ccccc4[Si]54c5ccccc5Oc5ccccc54)c4cccc5oc6ccccc6c45)cc3)cc2)cc1.c1ccc2c(c1)Oc1ccccc1[Si]21c2ccccc2Sc2c(N(c3ccc4c(ccc5ccccc54)c3)c3cccc4c3sc3ccccc34)cccc21. The highest BCUT2D eigenvalue weighted by Gasteiger charge is 2.54. The van der Waals surface area contributed by atoms with Gasteiger partial charge in [0.2, 0.25) is 0 Å².